The van der Waals surface area contributed by atoms with E-state index in [4.69, 9.17) is 21.1 Å². The Hall–Kier alpha value is -3.44. The van der Waals surface area contributed by atoms with E-state index in [2.05, 4.69) is 4.98 Å². The summed E-state index contributed by atoms with van der Waals surface area (Å²) in [6, 6.07) is 13.4. The molecule has 2 heterocycles. The van der Waals surface area contributed by atoms with Crippen LogP contribution in [0.25, 0.3) is 6.08 Å². The zero-order valence-corrected chi connectivity index (χ0v) is 15.6. The number of carbonyl (C=O) groups excluding carboxylic acids is 2. The van der Waals surface area contributed by atoms with Crippen molar-refractivity contribution in [1.82, 2.24) is 4.98 Å². The van der Waals surface area contributed by atoms with E-state index in [0.717, 1.165) is 5.56 Å². The molecule has 0 bridgehead atoms. The molecule has 0 spiro atoms. The molecule has 4 rings (SSSR count). The van der Waals surface area contributed by atoms with Crippen molar-refractivity contribution in [3.63, 3.8) is 0 Å². The number of pyridine rings is 1. The predicted molar refractivity (Wildman–Crippen MR) is 105 cm³/mol. The maximum atomic E-state index is 12.7. The van der Waals surface area contributed by atoms with Gasteiger partial charge >= 0.3 is 5.97 Å². The molecule has 0 N–H and O–H groups in total. The molecule has 0 atom stereocenters. The number of aryl methyl sites for hydroxylation is 1. The lowest BCUT2D eigenvalue weighted by atomic mass is 10.0. The number of hydrogen-bond donors (Lipinski definition) is 0. The zero-order valence-electron chi connectivity index (χ0n) is 14.8. The number of aromatic nitrogens is 1. The van der Waals surface area contributed by atoms with Crippen molar-refractivity contribution in [1.29, 1.82) is 0 Å². The summed E-state index contributed by atoms with van der Waals surface area (Å²) in [5.41, 5.74) is 2.25. The third-order valence-electron chi connectivity index (χ3n) is 4.22. The summed E-state index contributed by atoms with van der Waals surface area (Å²) in [6.45, 7) is 1.77. The smallest absolute Gasteiger partial charge is 0.343 e. The Kier molecular flexibility index (Phi) is 4.67. The minimum Gasteiger partial charge on any atom is -0.452 e. The molecule has 138 valence electrons. The van der Waals surface area contributed by atoms with Gasteiger partial charge in [0.05, 0.1) is 11.1 Å². The van der Waals surface area contributed by atoms with Crippen LogP contribution in [-0.4, -0.2) is 16.7 Å². The Morgan fingerprint density at radius 3 is 2.68 bits per heavy atom. The van der Waals surface area contributed by atoms with E-state index < -0.39 is 5.97 Å². The second-order valence-corrected chi connectivity index (χ2v) is 6.67. The first-order valence-electron chi connectivity index (χ1n) is 8.48. The summed E-state index contributed by atoms with van der Waals surface area (Å²) in [6.07, 6.45) is 4.66. The SMILES string of the molecule is Cc1cc(OC(=O)c2ccncc2)cc2c1C(=O)/C(=C/c1cccc(Cl)c1)O2. The highest BCUT2D eigenvalue weighted by atomic mass is 35.5. The molecule has 2 aromatic carbocycles. The summed E-state index contributed by atoms with van der Waals surface area (Å²) in [5.74, 6) is 0.115. The number of rotatable bonds is 3. The maximum absolute atomic E-state index is 12.7. The van der Waals surface area contributed by atoms with Crippen molar-refractivity contribution in [3.8, 4) is 11.5 Å². The number of ether oxygens (including phenoxy) is 2. The molecular weight excluding hydrogens is 378 g/mol. The summed E-state index contributed by atoms with van der Waals surface area (Å²) < 4.78 is 11.2. The van der Waals surface area contributed by atoms with Gasteiger partial charge in [-0.3, -0.25) is 9.78 Å². The Labute approximate surface area is 166 Å². The predicted octanol–water partition coefficient (Wildman–Crippen LogP) is 4.88. The van der Waals surface area contributed by atoms with Crippen molar-refractivity contribution >= 4 is 29.4 Å². The second-order valence-electron chi connectivity index (χ2n) is 6.23. The lowest BCUT2D eigenvalue weighted by Crippen LogP contribution is -2.08. The van der Waals surface area contributed by atoms with E-state index in [1.807, 2.05) is 6.07 Å². The van der Waals surface area contributed by atoms with Crippen LogP contribution < -0.4 is 9.47 Å². The van der Waals surface area contributed by atoms with Crippen molar-refractivity contribution in [2.24, 2.45) is 0 Å². The molecular formula is C22H14ClNO4. The summed E-state index contributed by atoms with van der Waals surface area (Å²) in [7, 11) is 0. The number of hydrogen-bond acceptors (Lipinski definition) is 5. The summed E-state index contributed by atoms with van der Waals surface area (Å²) in [5, 5.41) is 0.568. The molecule has 0 radical (unpaired) electrons. The Morgan fingerprint density at radius 1 is 1.14 bits per heavy atom. The van der Waals surface area contributed by atoms with E-state index in [1.165, 1.54) is 18.5 Å². The van der Waals surface area contributed by atoms with Crippen LogP contribution in [-0.2, 0) is 0 Å². The van der Waals surface area contributed by atoms with Crippen LogP contribution >= 0.6 is 11.6 Å². The average Bonchev–Trinajstić information content (AvgIpc) is 2.98. The van der Waals surface area contributed by atoms with Crippen LogP contribution in [0, 0.1) is 6.92 Å². The number of allylic oxidation sites excluding steroid dienone is 1. The highest BCUT2D eigenvalue weighted by Crippen LogP contribution is 2.37. The number of nitrogens with zero attached hydrogens (tertiary/aromatic N) is 1. The monoisotopic (exact) mass is 391 g/mol. The molecule has 28 heavy (non-hydrogen) atoms. The molecule has 6 heteroatoms. The van der Waals surface area contributed by atoms with Gasteiger partial charge in [-0.1, -0.05) is 23.7 Å². The summed E-state index contributed by atoms with van der Waals surface area (Å²) >= 11 is 5.99. The Bertz CT molecular complexity index is 1120. The number of esters is 1. The molecule has 1 aromatic heterocycles. The standard InChI is InChI=1S/C22H14ClNO4/c1-13-9-17(27-22(26)15-5-7-24-8-6-15)12-18-20(13)21(25)19(28-18)11-14-3-2-4-16(23)10-14/h2-12H,1H3/b19-11-. The quantitative estimate of drug-likeness (QED) is 0.361. The lowest BCUT2D eigenvalue weighted by molar-refractivity contribution is 0.0734. The third kappa shape index (κ3) is 3.52. The van der Waals surface area contributed by atoms with Gasteiger partial charge in [-0.05, 0) is 54.5 Å². The van der Waals surface area contributed by atoms with E-state index >= 15 is 0 Å². The van der Waals surface area contributed by atoms with Crippen LogP contribution in [0.1, 0.15) is 31.8 Å². The molecule has 0 saturated heterocycles. The van der Waals surface area contributed by atoms with Gasteiger partial charge in [0.15, 0.2) is 5.76 Å². The second kappa shape index (κ2) is 7.29. The number of carbonyl (C=O) groups is 2. The number of ketones is 1. The van der Waals surface area contributed by atoms with Gasteiger partial charge in [-0.15, -0.1) is 0 Å². The minimum atomic E-state index is -0.513. The van der Waals surface area contributed by atoms with Gasteiger partial charge in [0.2, 0.25) is 5.78 Å². The van der Waals surface area contributed by atoms with Gasteiger partial charge in [0.1, 0.15) is 11.5 Å². The first kappa shape index (κ1) is 17.9. The first-order valence-corrected chi connectivity index (χ1v) is 8.86. The minimum absolute atomic E-state index is 0.193. The topological polar surface area (TPSA) is 65.5 Å². The molecule has 0 saturated carbocycles. The van der Waals surface area contributed by atoms with E-state index in [0.29, 0.717) is 33.2 Å². The molecule has 1 aliphatic rings. The average molecular weight is 392 g/mol. The van der Waals surface area contributed by atoms with Gasteiger partial charge in [0, 0.05) is 23.5 Å². The van der Waals surface area contributed by atoms with Crippen LogP contribution in [0.4, 0.5) is 0 Å². The number of fused-ring (bicyclic) bond motifs is 1. The zero-order chi connectivity index (χ0) is 19.7. The van der Waals surface area contributed by atoms with E-state index in [9.17, 15) is 9.59 Å². The van der Waals surface area contributed by atoms with Gasteiger partial charge in [-0.2, -0.15) is 0 Å². The molecule has 1 aliphatic heterocycles. The summed E-state index contributed by atoms with van der Waals surface area (Å²) in [4.78, 5) is 28.8. The lowest BCUT2D eigenvalue weighted by Gasteiger charge is -2.07. The Morgan fingerprint density at radius 2 is 1.93 bits per heavy atom. The molecule has 0 amide bonds. The third-order valence-corrected chi connectivity index (χ3v) is 4.45. The van der Waals surface area contributed by atoms with Crippen LogP contribution in [0.3, 0.4) is 0 Å². The van der Waals surface area contributed by atoms with Crippen LogP contribution in [0.2, 0.25) is 5.02 Å². The number of benzene rings is 2. The fourth-order valence-corrected chi connectivity index (χ4v) is 3.14. The molecule has 0 unspecified atom stereocenters. The maximum Gasteiger partial charge on any atom is 0.343 e. The number of halogens is 1. The molecule has 0 aliphatic carbocycles. The largest absolute Gasteiger partial charge is 0.452 e. The first-order chi connectivity index (χ1) is 13.5. The van der Waals surface area contributed by atoms with Gasteiger partial charge in [-0.25, -0.2) is 4.79 Å². The van der Waals surface area contributed by atoms with Crippen molar-refractivity contribution < 1.29 is 19.1 Å². The molecule has 3 aromatic rings. The normalized spacial score (nSPS) is 13.9. The molecule has 5 nitrogen and oxygen atoms in total. The fourth-order valence-electron chi connectivity index (χ4n) is 2.94. The van der Waals surface area contributed by atoms with Gasteiger partial charge < -0.3 is 9.47 Å². The van der Waals surface area contributed by atoms with Crippen molar-refractivity contribution in [3.05, 3.63) is 94.0 Å². The van der Waals surface area contributed by atoms with Crippen LogP contribution in [0.5, 0.6) is 11.5 Å². The molecule has 0 fully saturated rings. The van der Waals surface area contributed by atoms with Crippen molar-refractivity contribution in [2.45, 2.75) is 6.92 Å². The highest BCUT2D eigenvalue weighted by Gasteiger charge is 2.30. The highest BCUT2D eigenvalue weighted by molar-refractivity contribution is 6.30. The number of Topliss-reactive ketones (excluding diaryl/α,β-unsaturated/α-hetero) is 1. The van der Waals surface area contributed by atoms with Crippen LogP contribution in [0.15, 0.2) is 66.7 Å². The van der Waals surface area contributed by atoms with Crippen molar-refractivity contribution in [2.75, 3.05) is 0 Å². The fraction of sp³-hybridized carbons (Fsp3) is 0.0455. The Balaban J connectivity index is 1.62. The van der Waals surface area contributed by atoms with Gasteiger partial charge in [0.25, 0.3) is 0 Å². The van der Waals surface area contributed by atoms with E-state index in [1.54, 1.807) is 49.4 Å². The van der Waals surface area contributed by atoms with E-state index in [-0.39, 0.29) is 11.5 Å².